The van der Waals surface area contributed by atoms with Crippen LogP contribution in [-0.4, -0.2) is 67.0 Å². The number of likely N-dealkylation sites (N-methyl/N-ethyl adjacent to an activating group) is 1. The molecule has 1 saturated heterocycles. The maximum absolute atomic E-state index is 13.2. The number of hydrogen-bond donors (Lipinski definition) is 1. The number of ether oxygens (including phenoxy) is 2. The van der Waals surface area contributed by atoms with Crippen LogP contribution in [0.4, 0.5) is 0 Å². The number of aliphatic hydroxyl groups is 1. The fraction of sp³-hybridized carbons (Fsp3) is 0.385. The van der Waals surface area contributed by atoms with Gasteiger partial charge in [-0.3, -0.25) is 9.59 Å². The number of Topliss-reactive ketones (excluding diaryl/α,β-unsaturated/α-hetero) is 1. The van der Waals surface area contributed by atoms with Gasteiger partial charge in [0.25, 0.3) is 11.7 Å². The maximum Gasteiger partial charge on any atom is 0.295 e. The van der Waals surface area contributed by atoms with Crippen LogP contribution in [0.25, 0.3) is 5.76 Å². The molecule has 0 bridgehead atoms. The first kappa shape index (κ1) is 24.3. The van der Waals surface area contributed by atoms with Crippen LogP contribution in [0.15, 0.2) is 48.0 Å². The summed E-state index contributed by atoms with van der Waals surface area (Å²) in [5, 5.41) is 11.2. The van der Waals surface area contributed by atoms with Gasteiger partial charge in [0.2, 0.25) is 0 Å². The van der Waals surface area contributed by atoms with Crippen LogP contribution >= 0.6 is 0 Å². The number of aryl methyl sites for hydroxylation is 1. The van der Waals surface area contributed by atoms with E-state index in [1.54, 1.807) is 42.3 Å². The average Bonchev–Trinajstić information content (AvgIpc) is 3.09. The number of methoxy groups -OCH3 is 2. The van der Waals surface area contributed by atoms with E-state index in [2.05, 4.69) is 18.7 Å². The molecule has 0 aromatic heterocycles. The number of rotatable bonds is 9. The van der Waals surface area contributed by atoms with Crippen LogP contribution in [0.2, 0.25) is 0 Å². The lowest BCUT2D eigenvalue weighted by atomic mass is 9.94. The van der Waals surface area contributed by atoms with E-state index in [0.29, 0.717) is 35.7 Å². The number of hydrogen-bond acceptors (Lipinski definition) is 6. The third-order valence-corrected chi connectivity index (χ3v) is 6.14. The molecule has 1 N–H and O–H groups in total. The van der Waals surface area contributed by atoms with Crippen molar-refractivity contribution >= 4 is 17.4 Å². The molecule has 0 radical (unpaired) electrons. The summed E-state index contributed by atoms with van der Waals surface area (Å²) in [5.41, 5.74) is 2.27. The molecule has 0 aliphatic carbocycles. The van der Waals surface area contributed by atoms with E-state index in [-0.39, 0.29) is 11.3 Å². The van der Waals surface area contributed by atoms with Gasteiger partial charge in [0, 0.05) is 18.7 Å². The van der Waals surface area contributed by atoms with Crippen LogP contribution in [0.1, 0.15) is 36.6 Å². The Hall–Kier alpha value is -3.32. The van der Waals surface area contributed by atoms with Gasteiger partial charge in [-0.2, -0.15) is 0 Å². The van der Waals surface area contributed by atoms with Gasteiger partial charge in [0.15, 0.2) is 11.5 Å². The summed E-state index contributed by atoms with van der Waals surface area (Å²) in [6.45, 7) is 8.71. The minimum absolute atomic E-state index is 0.0793. The van der Waals surface area contributed by atoms with Crippen molar-refractivity contribution in [2.24, 2.45) is 0 Å². The predicted octanol–water partition coefficient (Wildman–Crippen LogP) is 3.78. The van der Waals surface area contributed by atoms with Crippen molar-refractivity contribution in [1.29, 1.82) is 0 Å². The van der Waals surface area contributed by atoms with Crippen molar-refractivity contribution in [1.82, 2.24) is 9.80 Å². The fourth-order valence-electron chi connectivity index (χ4n) is 4.14. The highest BCUT2D eigenvalue weighted by Gasteiger charge is 2.46. The lowest BCUT2D eigenvalue weighted by Crippen LogP contribution is -2.38. The van der Waals surface area contributed by atoms with E-state index in [9.17, 15) is 14.7 Å². The summed E-state index contributed by atoms with van der Waals surface area (Å²) in [6, 6.07) is 11.8. The fourth-order valence-corrected chi connectivity index (χ4v) is 4.14. The van der Waals surface area contributed by atoms with Gasteiger partial charge in [0.1, 0.15) is 5.76 Å². The topological polar surface area (TPSA) is 79.3 Å². The largest absolute Gasteiger partial charge is 0.507 e. The molecule has 0 spiro atoms. The van der Waals surface area contributed by atoms with Gasteiger partial charge < -0.3 is 24.4 Å². The molecule has 7 heteroatoms. The molecule has 1 heterocycles. The van der Waals surface area contributed by atoms with E-state index in [1.165, 1.54) is 7.11 Å². The average molecular weight is 453 g/mol. The van der Waals surface area contributed by atoms with Crippen molar-refractivity contribution in [3.05, 3.63) is 64.7 Å². The van der Waals surface area contributed by atoms with Gasteiger partial charge in [-0.05, 0) is 37.7 Å². The Morgan fingerprint density at radius 1 is 1.00 bits per heavy atom. The zero-order valence-electron chi connectivity index (χ0n) is 19.9. The number of aliphatic hydroxyl groups excluding tert-OH is 1. The van der Waals surface area contributed by atoms with Gasteiger partial charge in [0.05, 0.1) is 25.8 Å². The van der Waals surface area contributed by atoms with Crippen molar-refractivity contribution in [3.8, 4) is 11.5 Å². The number of carbonyl (C=O) groups excluding carboxylic acids is 2. The van der Waals surface area contributed by atoms with E-state index in [1.807, 2.05) is 19.1 Å². The Morgan fingerprint density at radius 2 is 1.64 bits per heavy atom. The summed E-state index contributed by atoms with van der Waals surface area (Å²) in [4.78, 5) is 30.0. The van der Waals surface area contributed by atoms with E-state index in [0.717, 1.165) is 18.7 Å². The monoisotopic (exact) mass is 452 g/mol. The first-order valence-corrected chi connectivity index (χ1v) is 11.2. The Kier molecular flexibility index (Phi) is 7.76. The molecular weight excluding hydrogens is 420 g/mol. The van der Waals surface area contributed by atoms with Crippen LogP contribution in [-0.2, 0) is 9.59 Å². The highest BCUT2D eigenvalue weighted by molar-refractivity contribution is 6.46. The first-order valence-electron chi connectivity index (χ1n) is 11.2. The number of nitrogens with zero attached hydrogens (tertiary/aromatic N) is 2. The third-order valence-electron chi connectivity index (χ3n) is 6.14. The molecule has 2 aromatic carbocycles. The quantitative estimate of drug-likeness (QED) is 0.354. The summed E-state index contributed by atoms with van der Waals surface area (Å²) in [7, 11) is 3.08. The second kappa shape index (κ2) is 10.5. The van der Waals surface area contributed by atoms with Crippen LogP contribution in [0.3, 0.4) is 0 Å². The molecule has 7 nitrogen and oxygen atoms in total. The molecule has 1 amide bonds. The molecule has 33 heavy (non-hydrogen) atoms. The van der Waals surface area contributed by atoms with Gasteiger partial charge in [-0.1, -0.05) is 49.7 Å². The molecule has 1 atom stereocenters. The first-order chi connectivity index (χ1) is 15.9. The minimum atomic E-state index is -0.735. The second-order valence-corrected chi connectivity index (χ2v) is 8.00. The zero-order chi connectivity index (χ0) is 24.1. The molecule has 0 saturated carbocycles. The molecule has 176 valence electrons. The molecule has 2 aromatic rings. The van der Waals surface area contributed by atoms with Crippen molar-refractivity contribution in [2.75, 3.05) is 40.4 Å². The second-order valence-electron chi connectivity index (χ2n) is 8.00. The molecule has 1 aliphatic rings. The summed E-state index contributed by atoms with van der Waals surface area (Å²) in [6.07, 6.45) is 0. The Balaban J connectivity index is 2.14. The highest BCUT2D eigenvalue weighted by atomic mass is 16.5. The van der Waals surface area contributed by atoms with Crippen molar-refractivity contribution in [3.63, 3.8) is 0 Å². The smallest absolute Gasteiger partial charge is 0.295 e. The molecule has 0 unspecified atom stereocenters. The molecule has 1 fully saturated rings. The van der Waals surface area contributed by atoms with Gasteiger partial charge in [-0.15, -0.1) is 0 Å². The highest BCUT2D eigenvalue weighted by Crippen LogP contribution is 2.41. The van der Waals surface area contributed by atoms with Crippen molar-refractivity contribution < 1.29 is 24.2 Å². The van der Waals surface area contributed by atoms with Crippen LogP contribution in [0.5, 0.6) is 11.5 Å². The van der Waals surface area contributed by atoms with Crippen LogP contribution in [0, 0.1) is 6.92 Å². The molecule has 3 rings (SSSR count). The number of likely N-dealkylation sites (tertiary alicyclic amines) is 1. The lowest BCUT2D eigenvalue weighted by molar-refractivity contribution is -0.140. The van der Waals surface area contributed by atoms with Crippen molar-refractivity contribution in [2.45, 2.75) is 26.8 Å². The van der Waals surface area contributed by atoms with Crippen LogP contribution < -0.4 is 9.47 Å². The Bertz CT molecular complexity index is 1040. The summed E-state index contributed by atoms with van der Waals surface area (Å²) in [5.74, 6) is -0.457. The van der Waals surface area contributed by atoms with Gasteiger partial charge >= 0.3 is 0 Å². The van der Waals surface area contributed by atoms with E-state index >= 15 is 0 Å². The predicted molar refractivity (Wildman–Crippen MR) is 128 cm³/mol. The third kappa shape index (κ3) is 4.88. The molecule has 1 aliphatic heterocycles. The summed E-state index contributed by atoms with van der Waals surface area (Å²) < 4.78 is 10.8. The van der Waals surface area contributed by atoms with E-state index < -0.39 is 17.7 Å². The number of amides is 1. The number of carbonyl (C=O) groups is 2. The lowest BCUT2D eigenvalue weighted by Gasteiger charge is -2.28. The molecular formula is C26H32N2O5. The number of ketones is 1. The van der Waals surface area contributed by atoms with E-state index in [4.69, 9.17) is 9.47 Å². The zero-order valence-corrected chi connectivity index (χ0v) is 19.9. The Labute approximate surface area is 195 Å². The SMILES string of the molecule is CCN(CC)CCN1C(=O)C(=O)/C(=C(/O)c2ccc(C)cc2)[C@H]1c1ccc(OC)c(OC)c1. The minimum Gasteiger partial charge on any atom is -0.507 e. The standard InChI is InChI=1S/C26H32N2O5/c1-6-27(7-2)14-15-28-23(19-12-13-20(32-4)21(16-19)33-5)22(25(30)26(28)31)24(29)18-10-8-17(3)9-11-18/h8-13,16,23,29H,6-7,14-15H2,1-5H3/b24-22+/t23-/m1/s1. The summed E-state index contributed by atoms with van der Waals surface area (Å²) >= 11 is 0. The maximum atomic E-state index is 13.2. The Morgan fingerprint density at radius 3 is 2.21 bits per heavy atom. The van der Waals surface area contributed by atoms with Gasteiger partial charge in [-0.25, -0.2) is 0 Å². The number of benzene rings is 2. The normalized spacial score (nSPS) is 17.6.